The van der Waals surface area contributed by atoms with Crippen LogP contribution < -0.4 is 0 Å². The molecule has 1 aliphatic rings. The lowest BCUT2D eigenvalue weighted by Crippen LogP contribution is -2.37. The Kier molecular flexibility index (Phi) is 3.48. The maximum Gasteiger partial charge on any atom is 0.320 e. The van der Waals surface area contributed by atoms with Crippen LogP contribution in [0.2, 0.25) is 0 Å². The third-order valence-electron chi connectivity index (χ3n) is 3.66. The summed E-state index contributed by atoms with van der Waals surface area (Å²) in [5, 5.41) is 9.53. The molecule has 1 N–H and O–H groups in total. The van der Waals surface area contributed by atoms with Crippen LogP contribution in [-0.4, -0.2) is 15.8 Å². The van der Waals surface area contributed by atoms with Gasteiger partial charge >= 0.3 is 5.97 Å². The van der Waals surface area contributed by atoms with Crippen LogP contribution in [0.25, 0.3) is 0 Å². The summed E-state index contributed by atoms with van der Waals surface area (Å²) in [6.45, 7) is 4.10. The van der Waals surface area contributed by atoms with Gasteiger partial charge in [-0.3, -0.25) is 4.79 Å². The highest BCUT2D eigenvalue weighted by Crippen LogP contribution is 2.49. The third kappa shape index (κ3) is 2.34. The van der Waals surface area contributed by atoms with E-state index in [4.69, 9.17) is 0 Å². The zero-order valence-electron chi connectivity index (χ0n) is 10.3. The maximum absolute atomic E-state index is 11.6. The van der Waals surface area contributed by atoms with Crippen LogP contribution in [0.1, 0.15) is 31.7 Å². The molecule has 0 radical (unpaired) electrons. The van der Waals surface area contributed by atoms with Crippen LogP contribution in [0, 0.1) is 12.8 Å². The number of rotatable bonds is 3. The summed E-state index contributed by atoms with van der Waals surface area (Å²) in [6, 6.07) is 8.13. The average molecular weight is 250 g/mol. The van der Waals surface area contributed by atoms with E-state index in [1.54, 1.807) is 0 Å². The number of benzene rings is 1. The fourth-order valence-corrected chi connectivity index (χ4v) is 3.83. The van der Waals surface area contributed by atoms with E-state index in [-0.39, 0.29) is 5.92 Å². The molecule has 0 bridgehead atoms. The molecule has 92 valence electrons. The number of carboxylic acids is 1. The third-order valence-corrected chi connectivity index (χ3v) is 5.32. The molecule has 0 aliphatic heterocycles. The first-order valence-corrected chi connectivity index (χ1v) is 6.85. The normalized spacial score (nSPS) is 28.2. The van der Waals surface area contributed by atoms with E-state index in [1.165, 1.54) is 17.3 Å². The van der Waals surface area contributed by atoms with E-state index in [2.05, 4.69) is 6.92 Å². The van der Waals surface area contributed by atoms with Crippen molar-refractivity contribution in [2.24, 2.45) is 5.92 Å². The molecule has 0 spiro atoms. The van der Waals surface area contributed by atoms with Gasteiger partial charge in [0, 0.05) is 4.90 Å². The van der Waals surface area contributed by atoms with E-state index in [9.17, 15) is 9.90 Å². The van der Waals surface area contributed by atoms with Gasteiger partial charge in [0.1, 0.15) is 4.75 Å². The second kappa shape index (κ2) is 4.73. The van der Waals surface area contributed by atoms with E-state index in [0.717, 1.165) is 24.2 Å². The Hall–Kier alpha value is -0.960. The second-order valence-corrected chi connectivity index (χ2v) is 6.31. The molecular weight excluding hydrogens is 232 g/mol. The molecule has 1 fully saturated rings. The molecular formula is C14H18O2S. The van der Waals surface area contributed by atoms with Crippen LogP contribution in [0.15, 0.2) is 29.2 Å². The predicted molar refractivity (Wildman–Crippen MR) is 70.4 cm³/mol. The fraction of sp³-hybridized carbons (Fsp3) is 0.500. The molecule has 2 nitrogen and oxygen atoms in total. The van der Waals surface area contributed by atoms with Gasteiger partial charge in [0.15, 0.2) is 0 Å². The standard InChI is InChI=1S/C14H18O2S/c1-10-5-7-12(8-6-10)17-14(13(15)16)9-3-4-11(14)2/h5-8,11H,3-4,9H2,1-2H3,(H,15,16). The average Bonchev–Trinajstić information content (AvgIpc) is 2.65. The predicted octanol–water partition coefficient (Wildman–Crippen LogP) is 3.73. The van der Waals surface area contributed by atoms with Crippen molar-refractivity contribution in [3.05, 3.63) is 29.8 Å². The molecule has 0 heterocycles. The number of aliphatic carboxylic acids is 1. The van der Waals surface area contributed by atoms with Crippen molar-refractivity contribution in [2.45, 2.75) is 42.8 Å². The van der Waals surface area contributed by atoms with Gasteiger partial charge in [0.25, 0.3) is 0 Å². The zero-order chi connectivity index (χ0) is 12.5. The topological polar surface area (TPSA) is 37.3 Å². The van der Waals surface area contributed by atoms with E-state index in [1.807, 2.05) is 31.2 Å². The lowest BCUT2D eigenvalue weighted by Gasteiger charge is -2.28. The summed E-state index contributed by atoms with van der Waals surface area (Å²) in [7, 11) is 0. The van der Waals surface area contributed by atoms with Crippen molar-refractivity contribution in [1.82, 2.24) is 0 Å². The number of hydrogen-bond acceptors (Lipinski definition) is 2. The van der Waals surface area contributed by atoms with Crippen molar-refractivity contribution >= 4 is 17.7 Å². The Labute approximate surface area is 106 Å². The molecule has 2 unspecified atom stereocenters. The highest BCUT2D eigenvalue weighted by Gasteiger charge is 2.47. The van der Waals surface area contributed by atoms with Gasteiger partial charge in [-0.15, -0.1) is 11.8 Å². The SMILES string of the molecule is Cc1ccc(SC2(C(=O)O)CCCC2C)cc1. The largest absolute Gasteiger partial charge is 0.480 e. The summed E-state index contributed by atoms with van der Waals surface area (Å²) in [4.78, 5) is 12.6. The number of aryl methyl sites for hydroxylation is 1. The first kappa shape index (κ1) is 12.5. The monoisotopic (exact) mass is 250 g/mol. The van der Waals surface area contributed by atoms with Gasteiger partial charge in [-0.05, 0) is 37.8 Å². The maximum atomic E-state index is 11.6. The molecule has 2 rings (SSSR count). The first-order valence-electron chi connectivity index (χ1n) is 6.04. The molecule has 0 saturated heterocycles. The van der Waals surface area contributed by atoms with Crippen molar-refractivity contribution in [2.75, 3.05) is 0 Å². The summed E-state index contributed by atoms with van der Waals surface area (Å²) in [6.07, 6.45) is 2.82. The number of carboxylic acid groups (broad SMARTS) is 1. The number of carbonyl (C=O) groups is 1. The van der Waals surface area contributed by atoms with Crippen LogP contribution in [0.5, 0.6) is 0 Å². The minimum atomic E-state index is -0.659. The summed E-state index contributed by atoms with van der Waals surface area (Å²) in [5.74, 6) is -0.417. The minimum absolute atomic E-state index is 0.242. The molecule has 17 heavy (non-hydrogen) atoms. The molecule has 1 aliphatic carbocycles. The van der Waals surface area contributed by atoms with Gasteiger partial charge in [-0.2, -0.15) is 0 Å². The quantitative estimate of drug-likeness (QED) is 0.888. The van der Waals surface area contributed by atoms with E-state index < -0.39 is 10.7 Å². The van der Waals surface area contributed by atoms with Gasteiger partial charge in [0.05, 0.1) is 0 Å². The van der Waals surface area contributed by atoms with Gasteiger partial charge in [-0.1, -0.05) is 31.0 Å². The first-order chi connectivity index (χ1) is 8.04. The lowest BCUT2D eigenvalue weighted by molar-refractivity contribution is -0.140. The summed E-state index contributed by atoms with van der Waals surface area (Å²) >= 11 is 1.52. The van der Waals surface area contributed by atoms with Crippen molar-refractivity contribution in [1.29, 1.82) is 0 Å². The smallest absolute Gasteiger partial charge is 0.320 e. The highest BCUT2D eigenvalue weighted by atomic mass is 32.2. The Morgan fingerprint density at radius 1 is 1.41 bits per heavy atom. The molecule has 1 saturated carbocycles. The number of thioether (sulfide) groups is 1. The number of hydrogen-bond donors (Lipinski definition) is 1. The van der Waals surface area contributed by atoms with Crippen molar-refractivity contribution < 1.29 is 9.90 Å². The van der Waals surface area contributed by atoms with Crippen LogP contribution >= 0.6 is 11.8 Å². The highest BCUT2D eigenvalue weighted by molar-refractivity contribution is 8.01. The van der Waals surface area contributed by atoms with E-state index in [0.29, 0.717) is 0 Å². The molecule has 2 atom stereocenters. The summed E-state index contributed by atoms with van der Waals surface area (Å²) < 4.78 is -0.616. The molecule has 1 aromatic carbocycles. The Balaban J connectivity index is 2.24. The van der Waals surface area contributed by atoms with Gasteiger partial charge in [-0.25, -0.2) is 0 Å². The van der Waals surface area contributed by atoms with Crippen LogP contribution in [-0.2, 0) is 4.79 Å². The lowest BCUT2D eigenvalue weighted by atomic mass is 9.97. The molecule has 3 heteroatoms. The Morgan fingerprint density at radius 3 is 2.53 bits per heavy atom. The summed E-state index contributed by atoms with van der Waals surface area (Å²) in [5.41, 5.74) is 1.21. The van der Waals surface area contributed by atoms with Crippen molar-refractivity contribution in [3.63, 3.8) is 0 Å². The van der Waals surface area contributed by atoms with Crippen LogP contribution in [0.3, 0.4) is 0 Å². The Morgan fingerprint density at radius 2 is 2.06 bits per heavy atom. The van der Waals surface area contributed by atoms with Gasteiger partial charge < -0.3 is 5.11 Å². The van der Waals surface area contributed by atoms with Crippen LogP contribution in [0.4, 0.5) is 0 Å². The van der Waals surface area contributed by atoms with E-state index >= 15 is 0 Å². The molecule has 0 aromatic heterocycles. The Bertz CT molecular complexity index is 413. The fourth-order valence-electron chi connectivity index (χ4n) is 2.48. The minimum Gasteiger partial charge on any atom is -0.480 e. The van der Waals surface area contributed by atoms with Gasteiger partial charge in [0.2, 0.25) is 0 Å². The molecule has 1 aromatic rings. The van der Waals surface area contributed by atoms with Crippen molar-refractivity contribution in [3.8, 4) is 0 Å². The second-order valence-electron chi connectivity index (χ2n) is 4.90. The zero-order valence-corrected chi connectivity index (χ0v) is 11.1. The molecule has 0 amide bonds.